The molecule has 1 aliphatic carbocycles. The third-order valence-corrected chi connectivity index (χ3v) is 4.74. The van der Waals surface area contributed by atoms with Crippen molar-refractivity contribution in [3.63, 3.8) is 0 Å². The first-order chi connectivity index (χ1) is 9.61. The fourth-order valence-electron chi connectivity index (χ4n) is 2.38. The van der Waals surface area contributed by atoms with E-state index in [0.29, 0.717) is 13.2 Å². The quantitative estimate of drug-likeness (QED) is 0.785. The molecule has 1 heterocycles. The zero-order valence-electron chi connectivity index (χ0n) is 12.1. The lowest BCUT2D eigenvalue weighted by Gasteiger charge is -2.15. The topological polar surface area (TPSA) is 46.6 Å². The molecular formula is C15H21NO3S. The zero-order chi connectivity index (χ0) is 14.5. The van der Waals surface area contributed by atoms with Gasteiger partial charge >= 0.3 is 5.97 Å². The van der Waals surface area contributed by atoms with Gasteiger partial charge in [-0.1, -0.05) is 0 Å². The van der Waals surface area contributed by atoms with E-state index in [0.717, 1.165) is 17.7 Å². The molecule has 0 bridgehead atoms. The molecule has 1 aromatic rings. The van der Waals surface area contributed by atoms with E-state index < -0.39 is 0 Å². The van der Waals surface area contributed by atoms with Crippen LogP contribution < -0.4 is 0 Å². The third kappa shape index (κ3) is 3.60. The molecule has 0 saturated carbocycles. The van der Waals surface area contributed by atoms with Crippen LogP contribution in [0.15, 0.2) is 6.07 Å². The van der Waals surface area contributed by atoms with E-state index >= 15 is 0 Å². The molecule has 0 atom stereocenters. The van der Waals surface area contributed by atoms with Crippen LogP contribution in [0.1, 0.15) is 46.3 Å². The number of aryl methyl sites for hydroxylation is 2. The molecule has 0 saturated heterocycles. The second kappa shape index (κ2) is 6.88. The molecule has 20 heavy (non-hydrogen) atoms. The number of hydrogen-bond donors (Lipinski definition) is 0. The normalized spacial score (nSPS) is 13.7. The van der Waals surface area contributed by atoms with E-state index in [2.05, 4.69) is 0 Å². The molecule has 5 heteroatoms. The lowest BCUT2D eigenvalue weighted by Crippen LogP contribution is -2.28. The molecule has 1 aromatic heterocycles. The summed E-state index contributed by atoms with van der Waals surface area (Å²) in [6, 6.07) is 2.03. The van der Waals surface area contributed by atoms with Gasteiger partial charge in [0.1, 0.15) is 0 Å². The van der Waals surface area contributed by atoms with E-state index in [-0.39, 0.29) is 18.3 Å². The summed E-state index contributed by atoms with van der Waals surface area (Å²) in [5.74, 6) is -0.244. The summed E-state index contributed by atoms with van der Waals surface area (Å²) < 4.78 is 4.87. The molecule has 0 fully saturated rings. The van der Waals surface area contributed by atoms with Gasteiger partial charge in [0, 0.05) is 18.5 Å². The van der Waals surface area contributed by atoms with Gasteiger partial charge in [0.25, 0.3) is 5.91 Å². The fraction of sp³-hybridized carbons (Fsp3) is 0.600. The van der Waals surface area contributed by atoms with Gasteiger partial charge in [-0.25, -0.2) is 0 Å². The Morgan fingerprint density at radius 3 is 2.80 bits per heavy atom. The average Bonchev–Trinajstić information content (AvgIpc) is 2.88. The maximum atomic E-state index is 12.3. The Balaban J connectivity index is 1.93. The monoisotopic (exact) mass is 295 g/mol. The van der Waals surface area contributed by atoms with Crippen molar-refractivity contribution in [1.29, 1.82) is 0 Å². The van der Waals surface area contributed by atoms with Crippen LogP contribution in [0, 0.1) is 0 Å². The van der Waals surface area contributed by atoms with E-state index in [9.17, 15) is 9.59 Å². The standard InChI is InChI=1S/C15H21NO3S/c1-3-19-14(17)8-9-16(2)15(18)13-10-11-6-4-5-7-12(11)20-13/h10H,3-9H2,1-2H3. The first kappa shape index (κ1) is 15.0. The van der Waals surface area contributed by atoms with Crippen molar-refractivity contribution in [3.8, 4) is 0 Å². The number of ether oxygens (including phenoxy) is 1. The number of thiophene rings is 1. The van der Waals surface area contributed by atoms with Crippen LogP contribution in [0.5, 0.6) is 0 Å². The Bertz CT molecular complexity index is 472. The molecule has 0 radical (unpaired) electrons. The number of hydrogen-bond acceptors (Lipinski definition) is 4. The van der Waals surface area contributed by atoms with Crippen molar-refractivity contribution in [2.45, 2.75) is 39.0 Å². The van der Waals surface area contributed by atoms with Gasteiger partial charge in [0.05, 0.1) is 17.9 Å². The van der Waals surface area contributed by atoms with Crippen molar-refractivity contribution in [3.05, 3.63) is 21.4 Å². The minimum Gasteiger partial charge on any atom is -0.466 e. The minimum absolute atomic E-state index is 0.00805. The maximum Gasteiger partial charge on any atom is 0.307 e. The Morgan fingerprint density at radius 2 is 2.10 bits per heavy atom. The summed E-state index contributed by atoms with van der Waals surface area (Å²) in [5, 5.41) is 0. The number of fused-ring (bicyclic) bond motifs is 1. The van der Waals surface area contributed by atoms with E-state index in [1.807, 2.05) is 6.07 Å². The predicted molar refractivity (Wildman–Crippen MR) is 79.2 cm³/mol. The predicted octanol–water partition coefficient (Wildman–Crippen LogP) is 2.65. The highest BCUT2D eigenvalue weighted by molar-refractivity contribution is 7.14. The molecule has 2 rings (SSSR count). The van der Waals surface area contributed by atoms with Gasteiger partial charge in [-0.05, 0) is 44.2 Å². The van der Waals surface area contributed by atoms with Crippen LogP contribution in [0.25, 0.3) is 0 Å². The van der Waals surface area contributed by atoms with Gasteiger partial charge in [-0.3, -0.25) is 9.59 Å². The molecule has 0 aromatic carbocycles. The van der Waals surface area contributed by atoms with Crippen molar-refractivity contribution in [1.82, 2.24) is 4.90 Å². The highest BCUT2D eigenvalue weighted by Gasteiger charge is 2.20. The smallest absolute Gasteiger partial charge is 0.307 e. The van der Waals surface area contributed by atoms with E-state index in [4.69, 9.17) is 4.74 Å². The van der Waals surface area contributed by atoms with Crippen molar-refractivity contribution >= 4 is 23.2 Å². The summed E-state index contributed by atoms with van der Waals surface area (Å²) in [7, 11) is 1.74. The molecule has 0 unspecified atom stereocenters. The Labute approximate surface area is 123 Å². The molecular weight excluding hydrogens is 274 g/mol. The molecule has 0 spiro atoms. The highest BCUT2D eigenvalue weighted by atomic mass is 32.1. The average molecular weight is 295 g/mol. The maximum absolute atomic E-state index is 12.3. The number of carbonyl (C=O) groups excluding carboxylic acids is 2. The first-order valence-electron chi connectivity index (χ1n) is 7.14. The van der Waals surface area contributed by atoms with E-state index in [1.165, 1.54) is 23.3 Å². The molecule has 0 aliphatic heterocycles. The Kier molecular flexibility index (Phi) is 5.17. The molecule has 0 N–H and O–H groups in total. The SMILES string of the molecule is CCOC(=O)CCN(C)C(=O)c1cc2c(s1)CCCC2. The molecule has 110 valence electrons. The number of carbonyl (C=O) groups is 2. The zero-order valence-corrected chi connectivity index (χ0v) is 12.9. The summed E-state index contributed by atoms with van der Waals surface area (Å²) in [4.78, 5) is 27.4. The van der Waals surface area contributed by atoms with Crippen molar-refractivity contribution in [2.24, 2.45) is 0 Å². The summed E-state index contributed by atoms with van der Waals surface area (Å²) in [6.45, 7) is 2.57. The number of esters is 1. The minimum atomic E-state index is -0.252. The van der Waals surface area contributed by atoms with Crippen LogP contribution in [0.4, 0.5) is 0 Å². The number of amides is 1. The Morgan fingerprint density at radius 1 is 1.35 bits per heavy atom. The summed E-state index contributed by atoms with van der Waals surface area (Å²) >= 11 is 1.61. The van der Waals surface area contributed by atoms with Crippen LogP contribution in [0.2, 0.25) is 0 Å². The first-order valence-corrected chi connectivity index (χ1v) is 7.96. The number of rotatable bonds is 5. The van der Waals surface area contributed by atoms with Gasteiger partial charge in [-0.15, -0.1) is 11.3 Å². The van der Waals surface area contributed by atoms with Crippen LogP contribution in [-0.4, -0.2) is 37.0 Å². The van der Waals surface area contributed by atoms with Crippen LogP contribution in [-0.2, 0) is 22.4 Å². The second-order valence-corrected chi connectivity index (χ2v) is 6.18. The van der Waals surface area contributed by atoms with Gasteiger partial charge in [0.2, 0.25) is 0 Å². The number of nitrogens with zero attached hydrogens (tertiary/aromatic N) is 1. The summed E-state index contributed by atoms with van der Waals surface area (Å²) in [6.07, 6.45) is 4.88. The third-order valence-electron chi connectivity index (χ3n) is 3.51. The van der Waals surface area contributed by atoms with E-state index in [1.54, 1.807) is 30.2 Å². The molecule has 1 amide bonds. The van der Waals surface area contributed by atoms with Crippen LogP contribution >= 0.6 is 11.3 Å². The van der Waals surface area contributed by atoms with Gasteiger partial charge < -0.3 is 9.64 Å². The fourth-order valence-corrected chi connectivity index (χ4v) is 3.63. The van der Waals surface area contributed by atoms with Gasteiger partial charge in [0.15, 0.2) is 0 Å². The lowest BCUT2D eigenvalue weighted by molar-refractivity contribution is -0.143. The molecule has 4 nitrogen and oxygen atoms in total. The van der Waals surface area contributed by atoms with Crippen molar-refractivity contribution < 1.29 is 14.3 Å². The largest absolute Gasteiger partial charge is 0.466 e. The molecule has 1 aliphatic rings. The van der Waals surface area contributed by atoms with Crippen LogP contribution in [0.3, 0.4) is 0 Å². The lowest BCUT2D eigenvalue weighted by atomic mass is 9.99. The van der Waals surface area contributed by atoms with Gasteiger partial charge in [-0.2, -0.15) is 0 Å². The Hall–Kier alpha value is -1.36. The highest BCUT2D eigenvalue weighted by Crippen LogP contribution is 2.30. The second-order valence-electron chi connectivity index (χ2n) is 5.05. The summed E-state index contributed by atoms with van der Waals surface area (Å²) in [5.41, 5.74) is 1.34. The van der Waals surface area contributed by atoms with Crippen molar-refractivity contribution in [2.75, 3.05) is 20.2 Å².